The van der Waals surface area contributed by atoms with Crippen molar-refractivity contribution in [2.24, 2.45) is 0 Å². The van der Waals surface area contributed by atoms with E-state index in [1.807, 2.05) is 0 Å². The van der Waals surface area contributed by atoms with E-state index in [1.165, 1.54) is 12.4 Å². The van der Waals surface area contributed by atoms with Crippen LogP contribution in [0.2, 0.25) is 0 Å². The molecule has 0 aliphatic rings. The van der Waals surface area contributed by atoms with Crippen LogP contribution in [-0.2, 0) is 4.74 Å². The molecule has 6 heteroatoms. The van der Waals surface area contributed by atoms with Crippen molar-refractivity contribution in [3.05, 3.63) is 28.4 Å². The number of ether oxygens (including phenoxy) is 1. The van der Waals surface area contributed by atoms with E-state index in [4.69, 9.17) is 0 Å². The van der Waals surface area contributed by atoms with Crippen molar-refractivity contribution >= 4 is 18.4 Å². The minimum atomic E-state index is -0.485. The summed E-state index contributed by atoms with van der Waals surface area (Å²) in [7, 11) is 0. The van der Waals surface area contributed by atoms with Crippen molar-refractivity contribution in [1.29, 1.82) is 0 Å². The first-order valence-corrected chi connectivity index (χ1v) is 3.46. The summed E-state index contributed by atoms with van der Waals surface area (Å²) >= 11 is 0. The first kappa shape index (κ1) is 11.6. The van der Waals surface area contributed by atoms with Crippen LogP contribution in [0.4, 0.5) is 0 Å². The van der Waals surface area contributed by atoms with Gasteiger partial charge < -0.3 is 9.72 Å². The second kappa shape index (κ2) is 5.31. The molecule has 1 heterocycles. The Balaban J connectivity index is 0.00000144. The molecule has 0 radical (unpaired) electrons. The predicted molar refractivity (Wildman–Crippen MR) is 48.1 cm³/mol. The molecule has 1 aromatic heterocycles. The molecular weight excluding hydrogens is 196 g/mol. The van der Waals surface area contributed by atoms with Crippen LogP contribution in [-0.4, -0.2) is 22.5 Å². The number of carbonyl (C=O) groups is 1. The minimum Gasteiger partial charge on any atom is -0.462 e. The number of carbonyl (C=O) groups excluding carboxylic acids is 1. The Morgan fingerprint density at radius 2 is 2.38 bits per heavy atom. The number of nitrogens with zero attached hydrogens (tertiary/aromatic N) is 1. The van der Waals surface area contributed by atoms with Gasteiger partial charge in [-0.05, 0) is 6.92 Å². The van der Waals surface area contributed by atoms with Gasteiger partial charge in [-0.25, -0.2) is 14.6 Å². The third-order valence-corrected chi connectivity index (χ3v) is 1.18. The second-order valence-electron chi connectivity index (χ2n) is 2.03. The zero-order valence-electron chi connectivity index (χ0n) is 6.94. The lowest BCUT2D eigenvalue weighted by molar-refractivity contribution is 0.0525. The zero-order valence-corrected chi connectivity index (χ0v) is 7.76. The highest BCUT2D eigenvalue weighted by molar-refractivity contribution is 5.88. The molecule has 0 atom stereocenters. The summed E-state index contributed by atoms with van der Waals surface area (Å²) < 4.78 is 4.67. The maximum absolute atomic E-state index is 11.0. The molecule has 1 aromatic rings. The van der Waals surface area contributed by atoms with Gasteiger partial charge in [-0.2, -0.15) is 0 Å². The standard InChI is InChI=1S/C7H8N2O3.ClH/c1-2-12-6(10)5-3-8-7(11)9-4-5;/h3-4H,2H2,1H3,(H,8,9,11);1H. The molecule has 0 aliphatic heterocycles. The average Bonchev–Trinajstić information content (AvgIpc) is 2.06. The van der Waals surface area contributed by atoms with Crippen molar-refractivity contribution in [3.63, 3.8) is 0 Å². The SMILES string of the molecule is CCOC(=O)c1cnc(=O)[nH]c1.Cl. The second-order valence-corrected chi connectivity index (χ2v) is 2.03. The van der Waals surface area contributed by atoms with Crippen LogP contribution in [0.5, 0.6) is 0 Å². The third kappa shape index (κ3) is 3.25. The first-order chi connectivity index (χ1) is 5.74. The maximum Gasteiger partial charge on any atom is 0.344 e. The fourth-order valence-electron chi connectivity index (χ4n) is 0.668. The predicted octanol–water partition coefficient (Wildman–Crippen LogP) is 0.368. The molecule has 0 saturated heterocycles. The molecule has 0 fully saturated rings. The molecule has 0 spiro atoms. The third-order valence-electron chi connectivity index (χ3n) is 1.18. The molecular formula is C7H9ClN2O3. The van der Waals surface area contributed by atoms with Crippen LogP contribution in [0.15, 0.2) is 17.2 Å². The molecule has 1 rings (SSSR count). The van der Waals surface area contributed by atoms with E-state index in [-0.39, 0.29) is 18.0 Å². The topological polar surface area (TPSA) is 72.0 Å². The van der Waals surface area contributed by atoms with E-state index in [1.54, 1.807) is 6.92 Å². The van der Waals surface area contributed by atoms with E-state index in [2.05, 4.69) is 14.7 Å². The van der Waals surface area contributed by atoms with E-state index in [9.17, 15) is 9.59 Å². The fraction of sp³-hybridized carbons (Fsp3) is 0.286. The van der Waals surface area contributed by atoms with Crippen LogP contribution >= 0.6 is 12.4 Å². The van der Waals surface area contributed by atoms with Gasteiger partial charge in [0.05, 0.1) is 12.2 Å². The van der Waals surface area contributed by atoms with Crippen molar-refractivity contribution in [1.82, 2.24) is 9.97 Å². The van der Waals surface area contributed by atoms with E-state index in [0.717, 1.165) is 0 Å². The van der Waals surface area contributed by atoms with Crippen molar-refractivity contribution in [3.8, 4) is 0 Å². The molecule has 0 saturated carbocycles. The number of esters is 1. The van der Waals surface area contributed by atoms with E-state index < -0.39 is 11.7 Å². The van der Waals surface area contributed by atoms with Crippen molar-refractivity contribution < 1.29 is 9.53 Å². The summed E-state index contributed by atoms with van der Waals surface area (Å²) in [6.45, 7) is 2.01. The summed E-state index contributed by atoms with van der Waals surface area (Å²) in [4.78, 5) is 27.1. The number of hydrogen-bond donors (Lipinski definition) is 1. The maximum atomic E-state index is 11.0. The quantitative estimate of drug-likeness (QED) is 0.707. The molecule has 5 nitrogen and oxygen atoms in total. The van der Waals surface area contributed by atoms with Gasteiger partial charge in [0.15, 0.2) is 0 Å². The normalized spacial score (nSPS) is 8.69. The van der Waals surface area contributed by atoms with Crippen molar-refractivity contribution in [2.45, 2.75) is 6.92 Å². The summed E-state index contributed by atoms with van der Waals surface area (Å²) in [5.41, 5.74) is -0.237. The lowest BCUT2D eigenvalue weighted by atomic mass is 10.3. The molecule has 72 valence electrons. The van der Waals surface area contributed by atoms with E-state index in [0.29, 0.717) is 6.61 Å². The number of rotatable bonds is 2. The molecule has 0 unspecified atom stereocenters. The number of hydrogen-bond acceptors (Lipinski definition) is 4. The first-order valence-electron chi connectivity index (χ1n) is 3.46. The summed E-state index contributed by atoms with van der Waals surface area (Å²) in [6, 6.07) is 0. The molecule has 0 aromatic carbocycles. The van der Waals surface area contributed by atoms with Gasteiger partial charge in [0.1, 0.15) is 0 Å². The van der Waals surface area contributed by atoms with Gasteiger partial charge in [-0.15, -0.1) is 12.4 Å². The number of halogens is 1. The van der Waals surface area contributed by atoms with Crippen molar-refractivity contribution in [2.75, 3.05) is 6.61 Å². The highest BCUT2D eigenvalue weighted by Gasteiger charge is 2.05. The van der Waals surface area contributed by atoms with Gasteiger partial charge in [0.2, 0.25) is 0 Å². The highest BCUT2D eigenvalue weighted by Crippen LogP contribution is 1.94. The Morgan fingerprint density at radius 1 is 1.69 bits per heavy atom. The molecule has 1 N–H and O–H groups in total. The number of nitrogens with one attached hydrogen (secondary N) is 1. The Labute approximate surface area is 80.6 Å². The van der Waals surface area contributed by atoms with Crippen LogP contribution in [0.25, 0.3) is 0 Å². The molecule has 0 aliphatic carbocycles. The lowest BCUT2D eigenvalue weighted by Gasteiger charge is -1.98. The lowest BCUT2D eigenvalue weighted by Crippen LogP contribution is -2.13. The van der Waals surface area contributed by atoms with E-state index >= 15 is 0 Å². The van der Waals surface area contributed by atoms with Crippen LogP contribution in [0.3, 0.4) is 0 Å². The molecule has 0 amide bonds. The minimum absolute atomic E-state index is 0. The summed E-state index contributed by atoms with van der Waals surface area (Å²) in [5, 5.41) is 0. The van der Waals surface area contributed by atoms with Gasteiger partial charge in [-0.1, -0.05) is 0 Å². The summed E-state index contributed by atoms with van der Waals surface area (Å²) in [5.74, 6) is -0.485. The summed E-state index contributed by atoms with van der Waals surface area (Å²) in [6.07, 6.45) is 2.45. The Morgan fingerprint density at radius 3 is 2.85 bits per heavy atom. The highest BCUT2D eigenvalue weighted by atomic mass is 35.5. The molecule has 13 heavy (non-hydrogen) atoms. The van der Waals surface area contributed by atoms with Crippen LogP contribution in [0, 0.1) is 0 Å². The molecule has 0 bridgehead atoms. The Bertz CT molecular complexity index is 316. The average molecular weight is 205 g/mol. The number of aromatic amines is 1. The van der Waals surface area contributed by atoms with Crippen LogP contribution in [0.1, 0.15) is 17.3 Å². The van der Waals surface area contributed by atoms with Gasteiger partial charge in [0, 0.05) is 12.4 Å². The van der Waals surface area contributed by atoms with Gasteiger partial charge >= 0.3 is 11.7 Å². The Hall–Kier alpha value is -1.36. The van der Waals surface area contributed by atoms with Gasteiger partial charge in [0.25, 0.3) is 0 Å². The fourth-order valence-corrected chi connectivity index (χ4v) is 0.668. The van der Waals surface area contributed by atoms with Gasteiger partial charge in [-0.3, -0.25) is 0 Å². The largest absolute Gasteiger partial charge is 0.462 e. The number of aromatic nitrogens is 2. The Kier molecular flexibility index (Phi) is 4.76. The smallest absolute Gasteiger partial charge is 0.344 e. The number of H-pyrrole nitrogens is 1. The monoisotopic (exact) mass is 204 g/mol. The van der Waals surface area contributed by atoms with Crippen LogP contribution < -0.4 is 5.69 Å². The zero-order chi connectivity index (χ0) is 8.97.